The first kappa shape index (κ1) is 15.7. The fraction of sp³-hybridized carbons (Fsp3) is 0.105. The second-order valence-electron chi connectivity index (χ2n) is 5.51. The van der Waals surface area contributed by atoms with Crippen LogP contribution in [0.4, 0.5) is 11.4 Å². The summed E-state index contributed by atoms with van der Waals surface area (Å²) in [5.41, 5.74) is 3.74. The first-order valence-corrected chi connectivity index (χ1v) is 7.79. The van der Waals surface area contributed by atoms with Crippen LogP contribution in [-0.4, -0.2) is 24.2 Å². The molecule has 1 N–H and O–H groups in total. The van der Waals surface area contributed by atoms with Gasteiger partial charge in [-0.2, -0.15) is 5.26 Å². The molecule has 2 aromatic carbocycles. The number of pyridine rings is 1. The molecule has 26 heavy (non-hydrogen) atoms. The van der Waals surface area contributed by atoms with E-state index in [4.69, 9.17) is 13.9 Å². The van der Waals surface area contributed by atoms with Gasteiger partial charge in [-0.1, -0.05) is 6.07 Å². The molecule has 4 rings (SSSR count). The molecule has 7 heteroatoms. The van der Waals surface area contributed by atoms with Gasteiger partial charge < -0.3 is 19.2 Å². The van der Waals surface area contributed by atoms with Crippen LogP contribution in [0.3, 0.4) is 0 Å². The van der Waals surface area contributed by atoms with Gasteiger partial charge in [0, 0.05) is 17.6 Å². The Morgan fingerprint density at radius 1 is 1.08 bits per heavy atom. The summed E-state index contributed by atoms with van der Waals surface area (Å²) in [7, 11) is 3.13. The van der Waals surface area contributed by atoms with E-state index in [1.165, 1.54) is 12.6 Å². The lowest BCUT2D eigenvalue weighted by Gasteiger charge is -2.14. The highest BCUT2D eigenvalue weighted by atomic mass is 16.5. The van der Waals surface area contributed by atoms with Gasteiger partial charge in [0.1, 0.15) is 11.6 Å². The van der Waals surface area contributed by atoms with E-state index in [0.717, 1.165) is 10.9 Å². The highest BCUT2D eigenvalue weighted by molar-refractivity contribution is 6.00. The molecule has 2 heterocycles. The first-order chi connectivity index (χ1) is 12.7. The van der Waals surface area contributed by atoms with E-state index in [1.54, 1.807) is 26.4 Å². The van der Waals surface area contributed by atoms with Gasteiger partial charge in [0.15, 0.2) is 23.5 Å². The number of nitriles is 1. The highest BCUT2D eigenvalue weighted by Gasteiger charge is 2.15. The van der Waals surface area contributed by atoms with Crippen LogP contribution in [0.15, 0.2) is 47.3 Å². The number of nitrogens with one attached hydrogen (secondary N) is 1. The molecular formula is C19H14N4O3. The molecule has 0 unspecified atom stereocenters. The van der Waals surface area contributed by atoms with Gasteiger partial charge in [0.2, 0.25) is 0 Å². The average molecular weight is 346 g/mol. The van der Waals surface area contributed by atoms with Gasteiger partial charge in [0.05, 0.1) is 36.7 Å². The monoisotopic (exact) mass is 346 g/mol. The maximum Gasteiger partial charge on any atom is 0.182 e. The van der Waals surface area contributed by atoms with Crippen LogP contribution in [-0.2, 0) is 0 Å². The van der Waals surface area contributed by atoms with Crippen molar-refractivity contribution in [3.63, 3.8) is 0 Å². The summed E-state index contributed by atoms with van der Waals surface area (Å²) in [6.45, 7) is 0. The predicted octanol–water partition coefficient (Wildman–Crippen LogP) is 4.01. The summed E-state index contributed by atoms with van der Waals surface area (Å²) in [6.07, 6.45) is 2.91. The molecule has 0 fully saturated rings. The quantitative estimate of drug-likeness (QED) is 0.596. The van der Waals surface area contributed by atoms with Gasteiger partial charge in [0.25, 0.3) is 0 Å². The van der Waals surface area contributed by atoms with E-state index in [2.05, 4.69) is 21.4 Å². The fourth-order valence-corrected chi connectivity index (χ4v) is 2.86. The predicted molar refractivity (Wildman–Crippen MR) is 96.9 cm³/mol. The Morgan fingerprint density at radius 2 is 1.88 bits per heavy atom. The number of benzene rings is 2. The summed E-state index contributed by atoms with van der Waals surface area (Å²) in [4.78, 5) is 8.51. The third kappa shape index (κ3) is 2.45. The number of rotatable bonds is 4. The van der Waals surface area contributed by atoms with Gasteiger partial charge >= 0.3 is 0 Å². The summed E-state index contributed by atoms with van der Waals surface area (Å²) >= 11 is 0. The van der Waals surface area contributed by atoms with Crippen LogP contribution in [0, 0.1) is 11.3 Å². The van der Waals surface area contributed by atoms with E-state index < -0.39 is 0 Å². The Morgan fingerprint density at radius 3 is 2.65 bits per heavy atom. The number of para-hydroxylation sites is 1. The smallest absolute Gasteiger partial charge is 0.182 e. The molecule has 0 amide bonds. The second kappa shape index (κ2) is 6.26. The minimum absolute atomic E-state index is 0.404. The number of oxazole rings is 1. The largest absolute Gasteiger partial charge is 0.493 e. The molecule has 7 nitrogen and oxygen atoms in total. The van der Waals surface area contributed by atoms with Crippen LogP contribution in [0.5, 0.6) is 11.5 Å². The number of aromatic nitrogens is 2. The van der Waals surface area contributed by atoms with E-state index in [1.807, 2.05) is 18.2 Å². The number of hydrogen-bond acceptors (Lipinski definition) is 7. The number of nitrogens with zero attached hydrogens (tertiary/aromatic N) is 3. The van der Waals surface area contributed by atoms with E-state index in [-0.39, 0.29) is 0 Å². The van der Waals surface area contributed by atoms with Crippen molar-refractivity contribution in [3.05, 3.63) is 48.5 Å². The van der Waals surface area contributed by atoms with Crippen molar-refractivity contribution in [3.8, 4) is 17.6 Å². The number of ether oxygens (including phenoxy) is 2. The number of fused-ring (bicyclic) bond motifs is 2. The molecule has 0 aliphatic carbocycles. The molecule has 0 saturated carbocycles. The van der Waals surface area contributed by atoms with Crippen LogP contribution < -0.4 is 14.8 Å². The van der Waals surface area contributed by atoms with Crippen LogP contribution in [0.2, 0.25) is 0 Å². The van der Waals surface area contributed by atoms with Crippen LogP contribution in [0.1, 0.15) is 5.56 Å². The van der Waals surface area contributed by atoms with Gasteiger partial charge in [-0.05, 0) is 18.2 Å². The van der Waals surface area contributed by atoms with Gasteiger partial charge in [-0.3, -0.25) is 4.98 Å². The molecule has 0 aliphatic heterocycles. The molecule has 0 radical (unpaired) electrons. The second-order valence-corrected chi connectivity index (χ2v) is 5.51. The Labute approximate surface area is 148 Å². The van der Waals surface area contributed by atoms with E-state index >= 15 is 0 Å². The van der Waals surface area contributed by atoms with Crippen molar-refractivity contribution in [1.82, 2.24) is 9.97 Å². The molecule has 0 saturated heterocycles. The zero-order valence-electron chi connectivity index (χ0n) is 14.1. The maximum atomic E-state index is 9.53. The maximum absolute atomic E-state index is 9.53. The lowest BCUT2D eigenvalue weighted by atomic mass is 10.1. The SMILES string of the molecule is COc1cc2ncc(C#N)c(Nc3cccc4ncoc34)c2cc1OC. The van der Waals surface area contributed by atoms with Crippen molar-refractivity contribution >= 4 is 33.4 Å². The minimum Gasteiger partial charge on any atom is -0.493 e. The van der Waals surface area contributed by atoms with Crippen molar-refractivity contribution < 1.29 is 13.9 Å². The molecular weight excluding hydrogens is 332 g/mol. The topological polar surface area (TPSA) is 93.2 Å². The third-order valence-corrected chi connectivity index (χ3v) is 4.11. The summed E-state index contributed by atoms with van der Waals surface area (Å²) in [6, 6.07) is 11.3. The fourth-order valence-electron chi connectivity index (χ4n) is 2.86. The molecule has 0 aliphatic rings. The molecule has 2 aromatic heterocycles. The summed E-state index contributed by atoms with van der Waals surface area (Å²) < 4.78 is 16.2. The number of anilines is 2. The Kier molecular flexibility index (Phi) is 3.78. The van der Waals surface area contributed by atoms with E-state index in [0.29, 0.717) is 39.5 Å². The number of hydrogen-bond donors (Lipinski definition) is 1. The zero-order valence-corrected chi connectivity index (χ0v) is 14.1. The van der Waals surface area contributed by atoms with Crippen molar-refractivity contribution in [2.45, 2.75) is 0 Å². The normalized spacial score (nSPS) is 10.7. The standard InChI is InChI=1S/C19H14N4O3/c1-24-16-6-12-15(7-17(16)25-2)21-9-11(8-20)18(12)23-14-5-3-4-13-19(14)26-10-22-13/h3-7,9-10H,1-2H3,(H,21,23). The van der Waals surface area contributed by atoms with Crippen molar-refractivity contribution in [2.24, 2.45) is 0 Å². The van der Waals surface area contributed by atoms with E-state index in [9.17, 15) is 5.26 Å². The molecule has 4 aromatic rings. The molecule has 0 atom stereocenters. The highest BCUT2D eigenvalue weighted by Crippen LogP contribution is 2.37. The third-order valence-electron chi connectivity index (χ3n) is 4.11. The van der Waals surface area contributed by atoms with Gasteiger partial charge in [-0.25, -0.2) is 4.98 Å². The van der Waals surface area contributed by atoms with Gasteiger partial charge in [-0.15, -0.1) is 0 Å². The van der Waals surface area contributed by atoms with Crippen molar-refractivity contribution in [1.29, 1.82) is 5.26 Å². The van der Waals surface area contributed by atoms with Crippen LogP contribution >= 0.6 is 0 Å². The number of methoxy groups -OCH3 is 2. The lowest BCUT2D eigenvalue weighted by molar-refractivity contribution is 0.356. The lowest BCUT2D eigenvalue weighted by Crippen LogP contribution is -1.99. The molecule has 0 bridgehead atoms. The Hall–Kier alpha value is -3.79. The van der Waals surface area contributed by atoms with Crippen LogP contribution in [0.25, 0.3) is 22.0 Å². The zero-order chi connectivity index (χ0) is 18.1. The summed E-state index contributed by atoms with van der Waals surface area (Å²) in [5.74, 6) is 1.12. The molecule has 128 valence electrons. The first-order valence-electron chi connectivity index (χ1n) is 7.79. The minimum atomic E-state index is 0.404. The summed E-state index contributed by atoms with van der Waals surface area (Å²) in [5, 5.41) is 13.6. The Bertz CT molecular complexity index is 1160. The Balaban J connectivity index is 1.95. The molecule has 0 spiro atoms. The average Bonchev–Trinajstić information content (AvgIpc) is 3.17. The van der Waals surface area contributed by atoms with Crippen molar-refractivity contribution in [2.75, 3.05) is 19.5 Å².